The standard InChI is InChI=1S/C16H23Cl3N2O2/c1-3-4-5-6-11-14(22)21-15(16(17,18)19)20-12-9-7-8-10-13(12)23-2/h7-10,15,20H,3-6,11H2,1-2H3,(H,21,22)/t15-/m0/s1. The normalized spacial score (nSPS) is 12.6. The molecule has 0 heterocycles. The Hall–Kier alpha value is -0.840. The molecule has 2 N–H and O–H groups in total. The Kier molecular flexibility index (Phi) is 8.88. The third-order valence-electron chi connectivity index (χ3n) is 3.30. The molecule has 0 aliphatic heterocycles. The van der Waals surface area contributed by atoms with Crippen LogP contribution in [-0.2, 0) is 4.79 Å². The second kappa shape index (κ2) is 10.1. The van der Waals surface area contributed by atoms with Crippen molar-refractivity contribution in [3.63, 3.8) is 0 Å². The Morgan fingerprint density at radius 3 is 2.52 bits per heavy atom. The van der Waals surface area contributed by atoms with E-state index in [-0.39, 0.29) is 5.91 Å². The lowest BCUT2D eigenvalue weighted by Crippen LogP contribution is -2.49. The average Bonchev–Trinajstić information content (AvgIpc) is 2.50. The van der Waals surface area contributed by atoms with E-state index < -0.39 is 9.96 Å². The molecule has 0 aromatic heterocycles. The van der Waals surface area contributed by atoms with E-state index in [1.54, 1.807) is 19.2 Å². The van der Waals surface area contributed by atoms with Crippen LogP contribution < -0.4 is 15.4 Å². The Balaban J connectivity index is 2.68. The van der Waals surface area contributed by atoms with Crippen LogP contribution in [0.25, 0.3) is 0 Å². The van der Waals surface area contributed by atoms with Gasteiger partial charge in [0.1, 0.15) is 11.9 Å². The molecule has 23 heavy (non-hydrogen) atoms. The van der Waals surface area contributed by atoms with Gasteiger partial charge in [0.25, 0.3) is 0 Å². The molecule has 130 valence electrons. The van der Waals surface area contributed by atoms with Crippen molar-refractivity contribution in [1.82, 2.24) is 5.32 Å². The molecule has 0 aliphatic rings. The summed E-state index contributed by atoms with van der Waals surface area (Å²) in [6.07, 6.45) is 3.62. The van der Waals surface area contributed by atoms with Crippen molar-refractivity contribution in [3.8, 4) is 5.75 Å². The van der Waals surface area contributed by atoms with Crippen LogP contribution >= 0.6 is 34.8 Å². The van der Waals surface area contributed by atoms with Gasteiger partial charge in [-0.15, -0.1) is 0 Å². The molecule has 0 unspecified atom stereocenters. The molecule has 1 atom stereocenters. The highest BCUT2D eigenvalue weighted by Crippen LogP contribution is 2.33. The number of benzene rings is 1. The molecule has 0 spiro atoms. The third-order valence-corrected chi connectivity index (χ3v) is 3.95. The Bertz CT molecular complexity index is 492. The Morgan fingerprint density at radius 2 is 1.91 bits per heavy atom. The molecule has 7 heteroatoms. The van der Waals surface area contributed by atoms with E-state index in [9.17, 15) is 4.79 Å². The van der Waals surface area contributed by atoms with Crippen molar-refractivity contribution in [3.05, 3.63) is 24.3 Å². The summed E-state index contributed by atoms with van der Waals surface area (Å²) >= 11 is 18.0. The van der Waals surface area contributed by atoms with Gasteiger partial charge in [-0.3, -0.25) is 4.79 Å². The molecule has 1 aromatic rings. The lowest BCUT2D eigenvalue weighted by molar-refractivity contribution is -0.121. The van der Waals surface area contributed by atoms with Gasteiger partial charge in [0.15, 0.2) is 0 Å². The second-order valence-corrected chi connectivity index (χ2v) is 7.57. The predicted molar refractivity (Wildman–Crippen MR) is 97.6 cm³/mol. The van der Waals surface area contributed by atoms with Crippen molar-refractivity contribution >= 4 is 46.4 Å². The van der Waals surface area contributed by atoms with Gasteiger partial charge < -0.3 is 15.4 Å². The Morgan fingerprint density at radius 1 is 1.22 bits per heavy atom. The first kappa shape index (κ1) is 20.2. The van der Waals surface area contributed by atoms with Crippen LogP contribution in [0.5, 0.6) is 5.75 Å². The number of para-hydroxylation sites is 2. The first-order valence-electron chi connectivity index (χ1n) is 7.64. The summed E-state index contributed by atoms with van der Waals surface area (Å²) in [4.78, 5) is 12.0. The fourth-order valence-electron chi connectivity index (χ4n) is 2.06. The molecule has 1 amide bonds. The number of hydrogen-bond acceptors (Lipinski definition) is 3. The maximum Gasteiger partial charge on any atom is 0.228 e. The number of hydrogen-bond donors (Lipinski definition) is 2. The summed E-state index contributed by atoms with van der Waals surface area (Å²) in [5.41, 5.74) is 0.637. The second-order valence-electron chi connectivity index (χ2n) is 5.20. The van der Waals surface area contributed by atoms with Crippen molar-refractivity contribution in [2.24, 2.45) is 0 Å². The molecule has 0 saturated carbocycles. The maximum atomic E-state index is 12.0. The van der Waals surface area contributed by atoms with E-state index in [1.165, 1.54) is 0 Å². The average molecular weight is 382 g/mol. The maximum absolute atomic E-state index is 12.0. The number of ether oxygens (including phenoxy) is 1. The highest BCUT2D eigenvalue weighted by molar-refractivity contribution is 6.68. The quantitative estimate of drug-likeness (QED) is 0.364. The van der Waals surface area contributed by atoms with Gasteiger partial charge in [0.2, 0.25) is 9.70 Å². The number of halogens is 3. The van der Waals surface area contributed by atoms with Crippen LogP contribution in [-0.4, -0.2) is 23.0 Å². The van der Waals surface area contributed by atoms with Gasteiger partial charge in [-0.25, -0.2) is 0 Å². The van der Waals surface area contributed by atoms with Crippen molar-refractivity contribution in [1.29, 1.82) is 0 Å². The number of nitrogens with one attached hydrogen (secondary N) is 2. The Labute approximate surface area is 152 Å². The van der Waals surface area contributed by atoms with Crippen LogP contribution in [0.15, 0.2) is 24.3 Å². The fraction of sp³-hybridized carbons (Fsp3) is 0.562. The summed E-state index contributed by atoms with van der Waals surface area (Å²) in [5.74, 6) is 0.448. The molecule has 0 fully saturated rings. The number of rotatable bonds is 9. The zero-order valence-electron chi connectivity index (χ0n) is 13.4. The minimum atomic E-state index is -1.69. The molecule has 0 saturated heterocycles. The van der Waals surface area contributed by atoms with E-state index in [4.69, 9.17) is 39.5 Å². The number of unbranched alkanes of at least 4 members (excludes halogenated alkanes) is 3. The smallest absolute Gasteiger partial charge is 0.228 e. The van der Waals surface area contributed by atoms with Crippen LogP contribution in [0.3, 0.4) is 0 Å². The monoisotopic (exact) mass is 380 g/mol. The third kappa shape index (κ3) is 7.51. The number of amides is 1. The lowest BCUT2D eigenvalue weighted by Gasteiger charge is -2.28. The summed E-state index contributed by atoms with van der Waals surface area (Å²) in [6, 6.07) is 7.23. The van der Waals surface area contributed by atoms with Crippen LogP contribution in [0.1, 0.15) is 39.0 Å². The van der Waals surface area contributed by atoms with Crippen LogP contribution in [0.2, 0.25) is 0 Å². The molecule has 0 bridgehead atoms. The summed E-state index contributed by atoms with van der Waals surface area (Å²) in [5, 5.41) is 5.75. The lowest BCUT2D eigenvalue weighted by atomic mass is 10.1. The van der Waals surface area contributed by atoms with Crippen molar-refractivity contribution in [2.75, 3.05) is 12.4 Å². The number of carbonyl (C=O) groups is 1. The highest BCUT2D eigenvalue weighted by atomic mass is 35.6. The minimum absolute atomic E-state index is 0.153. The topological polar surface area (TPSA) is 50.4 Å². The first-order valence-corrected chi connectivity index (χ1v) is 8.77. The van der Waals surface area contributed by atoms with E-state index >= 15 is 0 Å². The predicted octanol–water partition coefficient (Wildman–Crippen LogP) is 4.89. The van der Waals surface area contributed by atoms with Gasteiger partial charge in [0.05, 0.1) is 12.8 Å². The number of alkyl halides is 3. The summed E-state index contributed by atoms with van der Waals surface area (Å²) < 4.78 is 3.56. The van der Waals surface area contributed by atoms with Crippen molar-refractivity contribution < 1.29 is 9.53 Å². The summed E-state index contributed by atoms with van der Waals surface area (Å²) in [7, 11) is 1.55. The largest absolute Gasteiger partial charge is 0.495 e. The molecular formula is C16H23Cl3N2O2. The summed E-state index contributed by atoms with van der Waals surface area (Å²) in [6.45, 7) is 2.12. The molecule has 0 radical (unpaired) electrons. The molecular weight excluding hydrogens is 359 g/mol. The zero-order valence-corrected chi connectivity index (χ0v) is 15.6. The van der Waals surface area contributed by atoms with Crippen LogP contribution in [0, 0.1) is 0 Å². The van der Waals surface area contributed by atoms with Gasteiger partial charge in [-0.05, 0) is 18.6 Å². The SMILES string of the molecule is CCCCCCC(=O)N[C@H](Nc1ccccc1OC)C(Cl)(Cl)Cl. The fourth-order valence-corrected chi connectivity index (χ4v) is 2.39. The van der Waals surface area contributed by atoms with E-state index in [1.807, 2.05) is 12.1 Å². The van der Waals surface area contributed by atoms with Gasteiger partial charge >= 0.3 is 0 Å². The number of anilines is 1. The molecule has 0 aliphatic carbocycles. The highest BCUT2D eigenvalue weighted by Gasteiger charge is 2.34. The molecule has 1 rings (SSSR count). The zero-order chi connectivity index (χ0) is 17.3. The van der Waals surface area contributed by atoms with Gasteiger partial charge in [0, 0.05) is 6.42 Å². The van der Waals surface area contributed by atoms with Gasteiger partial charge in [-0.1, -0.05) is 73.1 Å². The van der Waals surface area contributed by atoms with Gasteiger partial charge in [-0.2, -0.15) is 0 Å². The van der Waals surface area contributed by atoms with Crippen LogP contribution in [0.4, 0.5) is 5.69 Å². The van der Waals surface area contributed by atoms with E-state index in [2.05, 4.69) is 17.6 Å². The number of methoxy groups -OCH3 is 1. The molecule has 1 aromatic carbocycles. The van der Waals surface area contributed by atoms with E-state index in [0.29, 0.717) is 17.9 Å². The van der Waals surface area contributed by atoms with Crippen molar-refractivity contribution in [2.45, 2.75) is 49.0 Å². The van der Waals surface area contributed by atoms with E-state index in [0.717, 1.165) is 25.7 Å². The first-order chi connectivity index (χ1) is 10.9. The molecule has 4 nitrogen and oxygen atoms in total. The minimum Gasteiger partial charge on any atom is -0.495 e. The number of carbonyl (C=O) groups excluding carboxylic acids is 1.